The third-order valence-corrected chi connectivity index (χ3v) is 7.93. The molecule has 10 nitrogen and oxygen atoms in total. The summed E-state index contributed by atoms with van der Waals surface area (Å²) in [4.78, 5) is 49.8. The quantitative estimate of drug-likeness (QED) is 0.399. The lowest BCUT2D eigenvalue weighted by molar-refractivity contribution is -0.144. The summed E-state index contributed by atoms with van der Waals surface area (Å²) in [5.41, 5.74) is 1.84. The number of hydrogen-bond donors (Lipinski definition) is 2. The summed E-state index contributed by atoms with van der Waals surface area (Å²) < 4.78 is 10.6. The van der Waals surface area contributed by atoms with E-state index < -0.39 is 36.0 Å². The smallest absolute Gasteiger partial charge is 0.410 e. The molecule has 4 atom stereocenters. The Bertz CT molecular complexity index is 1070. The van der Waals surface area contributed by atoms with E-state index in [-0.39, 0.29) is 38.4 Å². The number of carboxylic acids is 2. The van der Waals surface area contributed by atoms with Crippen molar-refractivity contribution >= 4 is 24.1 Å². The van der Waals surface area contributed by atoms with Crippen LogP contribution < -0.4 is 0 Å². The highest BCUT2D eigenvalue weighted by atomic mass is 16.6. The van der Waals surface area contributed by atoms with Crippen molar-refractivity contribution < 1.29 is 38.9 Å². The highest BCUT2D eigenvalue weighted by molar-refractivity contribution is 5.74. The number of aliphatic carboxylic acids is 2. The number of benzene rings is 2. The zero-order valence-corrected chi connectivity index (χ0v) is 24.4. The van der Waals surface area contributed by atoms with Gasteiger partial charge in [-0.25, -0.2) is 9.59 Å². The summed E-state index contributed by atoms with van der Waals surface area (Å²) in [6, 6.07) is 19.1. The van der Waals surface area contributed by atoms with Crippen LogP contribution in [0.2, 0.25) is 0 Å². The summed E-state index contributed by atoms with van der Waals surface area (Å²) in [5.74, 6) is -2.66. The van der Waals surface area contributed by atoms with E-state index in [0.717, 1.165) is 24.0 Å². The van der Waals surface area contributed by atoms with Crippen LogP contribution >= 0.6 is 0 Å². The van der Waals surface area contributed by atoms with E-state index in [1.807, 2.05) is 74.5 Å². The fourth-order valence-electron chi connectivity index (χ4n) is 5.36. The van der Waals surface area contributed by atoms with Gasteiger partial charge in [0.2, 0.25) is 0 Å². The van der Waals surface area contributed by atoms with Crippen molar-refractivity contribution in [3.05, 3.63) is 71.8 Å². The van der Waals surface area contributed by atoms with Crippen molar-refractivity contribution in [2.24, 2.45) is 11.8 Å². The van der Waals surface area contributed by atoms with E-state index in [0.29, 0.717) is 25.7 Å². The highest BCUT2D eigenvalue weighted by Crippen LogP contribution is 2.26. The monoisotopic (exact) mass is 582 g/mol. The number of hydrogen-bond acceptors (Lipinski definition) is 6. The van der Waals surface area contributed by atoms with Gasteiger partial charge in [0.05, 0.1) is 11.8 Å². The molecule has 0 bridgehead atoms. The van der Waals surface area contributed by atoms with Crippen LogP contribution in [0.4, 0.5) is 9.59 Å². The molecule has 2 aromatic rings. The van der Waals surface area contributed by atoms with Gasteiger partial charge in [-0.05, 0) is 49.7 Å². The second kappa shape index (κ2) is 16.4. The standard InChI is InChI=1S/2C16H21NO4/c2*1-2-14-9-8-13(15(18)19)10-17(14)16(20)21-11-12-6-4-3-5-7-12/h2*3-7,13-14H,2,8-11H2,1H3,(H,18,19)/t2*13?,14-/m10/s1. The lowest BCUT2D eigenvalue weighted by Crippen LogP contribution is -2.48. The van der Waals surface area contributed by atoms with Crippen molar-refractivity contribution in [1.82, 2.24) is 9.80 Å². The van der Waals surface area contributed by atoms with Crippen molar-refractivity contribution in [2.45, 2.75) is 77.7 Å². The molecule has 0 aromatic heterocycles. The van der Waals surface area contributed by atoms with E-state index in [4.69, 9.17) is 19.7 Å². The maximum absolute atomic E-state index is 12.2. The lowest BCUT2D eigenvalue weighted by atomic mass is 9.92. The van der Waals surface area contributed by atoms with Crippen molar-refractivity contribution in [1.29, 1.82) is 0 Å². The largest absolute Gasteiger partial charge is 0.481 e. The minimum Gasteiger partial charge on any atom is -0.481 e. The molecule has 2 unspecified atom stereocenters. The highest BCUT2D eigenvalue weighted by Gasteiger charge is 2.35. The second-order valence-corrected chi connectivity index (χ2v) is 10.7. The Morgan fingerprint density at radius 3 is 1.31 bits per heavy atom. The first-order chi connectivity index (χ1) is 20.2. The molecule has 2 aliphatic heterocycles. The van der Waals surface area contributed by atoms with E-state index in [1.165, 1.54) is 0 Å². The molecule has 0 saturated carbocycles. The normalized spacial score (nSPS) is 21.9. The fourth-order valence-corrected chi connectivity index (χ4v) is 5.36. The van der Waals surface area contributed by atoms with Crippen molar-refractivity contribution in [3.8, 4) is 0 Å². The Kier molecular flexibility index (Phi) is 12.7. The van der Waals surface area contributed by atoms with Gasteiger partial charge in [-0.3, -0.25) is 9.59 Å². The maximum Gasteiger partial charge on any atom is 0.410 e. The van der Waals surface area contributed by atoms with E-state index in [9.17, 15) is 19.2 Å². The topological polar surface area (TPSA) is 134 Å². The molecule has 0 aliphatic carbocycles. The van der Waals surface area contributed by atoms with Gasteiger partial charge in [0.15, 0.2) is 0 Å². The summed E-state index contributed by atoms with van der Waals surface area (Å²) >= 11 is 0. The van der Waals surface area contributed by atoms with Crippen LogP contribution in [-0.4, -0.2) is 69.3 Å². The number of piperidine rings is 2. The zero-order valence-electron chi connectivity index (χ0n) is 24.4. The summed E-state index contributed by atoms with van der Waals surface area (Å²) in [6.07, 6.45) is 3.46. The molecule has 0 radical (unpaired) electrons. The fraction of sp³-hybridized carbons (Fsp3) is 0.500. The molecule has 10 heteroatoms. The maximum atomic E-state index is 12.2. The van der Waals surface area contributed by atoms with Gasteiger partial charge in [-0.15, -0.1) is 0 Å². The number of carbonyl (C=O) groups excluding carboxylic acids is 2. The Balaban J connectivity index is 0.000000230. The van der Waals surface area contributed by atoms with Crippen LogP contribution in [0.25, 0.3) is 0 Å². The van der Waals surface area contributed by atoms with Crippen molar-refractivity contribution in [2.75, 3.05) is 13.1 Å². The average Bonchev–Trinajstić information content (AvgIpc) is 3.03. The van der Waals surface area contributed by atoms with Gasteiger partial charge in [0.25, 0.3) is 0 Å². The Morgan fingerprint density at radius 1 is 0.643 bits per heavy atom. The number of likely N-dealkylation sites (tertiary alicyclic amines) is 2. The molecular formula is C32H42N2O8. The van der Waals surface area contributed by atoms with E-state index >= 15 is 0 Å². The van der Waals surface area contributed by atoms with Gasteiger partial charge in [-0.2, -0.15) is 0 Å². The van der Waals surface area contributed by atoms with Gasteiger partial charge in [-0.1, -0.05) is 74.5 Å². The summed E-state index contributed by atoms with van der Waals surface area (Å²) in [5, 5.41) is 18.3. The number of rotatable bonds is 8. The predicted molar refractivity (Wildman–Crippen MR) is 156 cm³/mol. The van der Waals surface area contributed by atoms with Gasteiger partial charge >= 0.3 is 24.1 Å². The average molecular weight is 583 g/mol. The second-order valence-electron chi connectivity index (χ2n) is 10.7. The minimum atomic E-state index is -0.842. The zero-order chi connectivity index (χ0) is 30.5. The number of amides is 2. The van der Waals surface area contributed by atoms with Crippen LogP contribution in [0.5, 0.6) is 0 Å². The third kappa shape index (κ3) is 9.49. The van der Waals surface area contributed by atoms with Crippen LogP contribution in [-0.2, 0) is 32.3 Å². The first-order valence-electron chi connectivity index (χ1n) is 14.6. The third-order valence-electron chi connectivity index (χ3n) is 7.93. The molecule has 42 heavy (non-hydrogen) atoms. The Morgan fingerprint density at radius 2 is 1.00 bits per heavy atom. The Hall–Kier alpha value is -4.08. The first kappa shape index (κ1) is 32.4. The molecular weight excluding hydrogens is 540 g/mol. The molecule has 4 rings (SSSR count). The van der Waals surface area contributed by atoms with Crippen LogP contribution in [0, 0.1) is 11.8 Å². The molecule has 2 N–H and O–H groups in total. The number of nitrogens with zero attached hydrogens (tertiary/aromatic N) is 2. The van der Waals surface area contributed by atoms with E-state index in [2.05, 4.69) is 0 Å². The minimum absolute atomic E-state index is 0.0730. The summed E-state index contributed by atoms with van der Waals surface area (Å²) in [6.45, 7) is 4.91. The van der Waals surface area contributed by atoms with Gasteiger partial charge in [0, 0.05) is 25.2 Å². The number of ether oxygens (including phenoxy) is 2. The molecule has 2 aliphatic rings. The molecule has 2 fully saturated rings. The van der Waals surface area contributed by atoms with Crippen LogP contribution in [0.3, 0.4) is 0 Å². The SMILES string of the molecule is CC[C@@H]1CCC(C(=O)O)CN1C(=O)OCc1ccccc1.CC[C@H]1CCC(C(=O)O)CN1C(=O)OCc1ccccc1. The molecule has 2 heterocycles. The van der Waals surface area contributed by atoms with E-state index in [1.54, 1.807) is 9.80 Å². The molecule has 2 saturated heterocycles. The first-order valence-corrected chi connectivity index (χ1v) is 14.6. The van der Waals surface area contributed by atoms with Gasteiger partial charge < -0.3 is 29.5 Å². The predicted octanol–water partition coefficient (Wildman–Crippen LogP) is 5.80. The molecule has 228 valence electrons. The van der Waals surface area contributed by atoms with Crippen molar-refractivity contribution in [3.63, 3.8) is 0 Å². The molecule has 2 aromatic carbocycles. The van der Waals surface area contributed by atoms with Gasteiger partial charge in [0.1, 0.15) is 13.2 Å². The van der Waals surface area contributed by atoms with Crippen LogP contribution in [0.15, 0.2) is 60.7 Å². The number of carboxylic acid groups (broad SMARTS) is 2. The molecule has 0 spiro atoms. The lowest BCUT2D eigenvalue weighted by Gasteiger charge is -2.37. The summed E-state index contributed by atoms with van der Waals surface area (Å²) in [7, 11) is 0. The molecule has 2 amide bonds. The van der Waals surface area contributed by atoms with Crippen LogP contribution in [0.1, 0.15) is 63.5 Å². The number of carbonyl (C=O) groups is 4. The Labute approximate surface area is 247 Å².